The maximum Gasteiger partial charge on any atom is 0.488 e. The molecule has 0 aliphatic rings. The number of hydrogen-bond acceptors (Lipinski definition) is 4. The van der Waals surface area contributed by atoms with Gasteiger partial charge in [0, 0.05) is 12.5 Å². The lowest BCUT2D eigenvalue weighted by Gasteiger charge is -2.07. The van der Waals surface area contributed by atoms with Gasteiger partial charge in [-0.15, -0.1) is 0 Å². The molecule has 1 aromatic carbocycles. The van der Waals surface area contributed by atoms with Crippen molar-refractivity contribution >= 4 is 30.5 Å². The monoisotopic (exact) mass is 207 g/mol. The fourth-order valence-electron chi connectivity index (χ4n) is 1.14. The average molecular weight is 207 g/mol. The van der Waals surface area contributed by atoms with Crippen molar-refractivity contribution in [1.82, 2.24) is 0 Å². The minimum atomic E-state index is -1.63. The van der Waals surface area contributed by atoms with Gasteiger partial charge in [-0.1, -0.05) is 6.07 Å². The molecule has 0 aliphatic heterocycles. The first-order valence-electron chi connectivity index (χ1n) is 4.27. The van der Waals surface area contributed by atoms with E-state index < -0.39 is 7.12 Å². The Morgan fingerprint density at radius 2 is 2.13 bits per heavy atom. The van der Waals surface area contributed by atoms with Crippen LogP contribution in [0, 0.1) is 0 Å². The highest BCUT2D eigenvalue weighted by molar-refractivity contribution is 6.58. The predicted molar refractivity (Wildman–Crippen MR) is 56.0 cm³/mol. The van der Waals surface area contributed by atoms with Gasteiger partial charge in [0.05, 0.1) is 5.69 Å². The van der Waals surface area contributed by atoms with Crippen molar-refractivity contribution in [2.45, 2.75) is 6.92 Å². The van der Waals surface area contributed by atoms with E-state index in [0.29, 0.717) is 12.0 Å². The van der Waals surface area contributed by atoms with Crippen molar-refractivity contribution in [3.05, 3.63) is 23.8 Å². The second-order valence-electron chi connectivity index (χ2n) is 3.02. The zero-order chi connectivity index (χ0) is 11.4. The van der Waals surface area contributed by atoms with Crippen molar-refractivity contribution < 1.29 is 19.6 Å². The van der Waals surface area contributed by atoms with E-state index in [9.17, 15) is 9.59 Å². The van der Waals surface area contributed by atoms with Gasteiger partial charge in [0.15, 0.2) is 6.29 Å². The number of hydrogen-bond donors (Lipinski definition) is 3. The third kappa shape index (κ3) is 2.90. The Balaban J connectivity index is 3.09. The van der Waals surface area contributed by atoms with Gasteiger partial charge in [-0.3, -0.25) is 9.59 Å². The molecule has 0 aromatic heterocycles. The summed E-state index contributed by atoms with van der Waals surface area (Å²) in [6, 6.07) is 4.17. The topological polar surface area (TPSA) is 86.6 Å². The first-order valence-corrected chi connectivity index (χ1v) is 4.27. The summed E-state index contributed by atoms with van der Waals surface area (Å²) in [5, 5.41) is 20.2. The zero-order valence-electron chi connectivity index (χ0n) is 8.10. The molecule has 0 radical (unpaired) electrons. The Bertz CT molecular complexity index is 392. The smallest absolute Gasteiger partial charge is 0.423 e. The van der Waals surface area contributed by atoms with E-state index in [4.69, 9.17) is 10.0 Å². The summed E-state index contributed by atoms with van der Waals surface area (Å²) in [6.07, 6.45) is 0.539. The third-order valence-electron chi connectivity index (χ3n) is 1.81. The quantitative estimate of drug-likeness (QED) is 0.444. The Labute approximate surface area is 86.9 Å². The summed E-state index contributed by atoms with van der Waals surface area (Å²) in [5.74, 6) is -0.296. The lowest BCUT2D eigenvalue weighted by atomic mass is 9.79. The minimum absolute atomic E-state index is 0.200. The van der Waals surface area contributed by atoms with Crippen LogP contribution in [0.5, 0.6) is 0 Å². The molecule has 3 N–H and O–H groups in total. The van der Waals surface area contributed by atoms with Gasteiger partial charge in [0.1, 0.15) is 0 Å². The lowest BCUT2D eigenvalue weighted by molar-refractivity contribution is -0.114. The van der Waals surface area contributed by atoms with E-state index in [1.807, 2.05) is 0 Å². The lowest BCUT2D eigenvalue weighted by Crippen LogP contribution is -2.30. The average Bonchev–Trinajstić information content (AvgIpc) is 2.17. The van der Waals surface area contributed by atoms with Crippen molar-refractivity contribution in [1.29, 1.82) is 0 Å². The molecular formula is C9H10BNO4. The Hall–Kier alpha value is -1.66. The van der Waals surface area contributed by atoms with Crippen LogP contribution in [0.4, 0.5) is 5.69 Å². The Kier molecular flexibility index (Phi) is 3.59. The SMILES string of the molecule is CC(=O)Nc1ccc(B(O)O)cc1C=O. The molecule has 0 aliphatic carbocycles. The fraction of sp³-hybridized carbons (Fsp3) is 0.111. The second kappa shape index (κ2) is 4.72. The van der Waals surface area contributed by atoms with Gasteiger partial charge < -0.3 is 15.4 Å². The van der Waals surface area contributed by atoms with Crippen molar-refractivity contribution in [2.24, 2.45) is 0 Å². The third-order valence-corrected chi connectivity index (χ3v) is 1.81. The van der Waals surface area contributed by atoms with E-state index in [2.05, 4.69) is 5.32 Å². The number of amides is 1. The predicted octanol–water partition coefficient (Wildman–Crippen LogP) is -0.863. The Morgan fingerprint density at radius 1 is 1.47 bits per heavy atom. The van der Waals surface area contributed by atoms with Crippen LogP contribution in [0.1, 0.15) is 17.3 Å². The number of anilines is 1. The van der Waals surface area contributed by atoms with E-state index in [-0.39, 0.29) is 16.9 Å². The number of benzene rings is 1. The number of nitrogens with one attached hydrogen (secondary N) is 1. The molecule has 15 heavy (non-hydrogen) atoms. The van der Waals surface area contributed by atoms with Crippen LogP contribution < -0.4 is 10.8 Å². The molecule has 6 heteroatoms. The van der Waals surface area contributed by atoms with Gasteiger partial charge in [0.2, 0.25) is 5.91 Å². The largest absolute Gasteiger partial charge is 0.488 e. The summed E-state index contributed by atoms with van der Waals surface area (Å²) >= 11 is 0. The highest BCUT2D eigenvalue weighted by atomic mass is 16.4. The zero-order valence-corrected chi connectivity index (χ0v) is 8.10. The van der Waals surface area contributed by atoms with Crippen LogP contribution in [-0.4, -0.2) is 29.4 Å². The molecule has 0 heterocycles. The molecule has 0 atom stereocenters. The fourth-order valence-corrected chi connectivity index (χ4v) is 1.14. The van der Waals surface area contributed by atoms with E-state index in [0.717, 1.165) is 0 Å². The number of rotatable bonds is 3. The number of carbonyl (C=O) groups excluding carboxylic acids is 2. The summed E-state index contributed by atoms with van der Waals surface area (Å²) in [4.78, 5) is 21.4. The first-order chi connectivity index (χ1) is 7.04. The second-order valence-corrected chi connectivity index (χ2v) is 3.02. The van der Waals surface area contributed by atoms with Crippen LogP contribution in [0.25, 0.3) is 0 Å². The molecule has 1 aromatic rings. The van der Waals surface area contributed by atoms with E-state index in [1.54, 1.807) is 0 Å². The molecule has 0 unspecified atom stereocenters. The number of carbonyl (C=O) groups is 2. The van der Waals surface area contributed by atoms with Gasteiger partial charge in [-0.25, -0.2) is 0 Å². The van der Waals surface area contributed by atoms with Crippen molar-refractivity contribution in [3.8, 4) is 0 Å². The molecule has 0 fully saturated rings. The molecule has 0 saturated carbocycles. The molecule has 0 spiro atoms. The summed E-state index contributed by atoms with van der Waals surface area (Å²) in [7, 11) is -1.63. The molecule has 1 amide bonds. The highest BCUT2D eigenvalue weighted by Gasteiger charge is 2.13. The maximum atomic E-state index is 10.8. The molecule has 1 rings (SSSR count). The van der Waals surface area contributed by atoms with Crippen LogP contribution in [0.15, 0.2) is 18.2 Å². The molecule has 0 bridgehead atoms. The Morgan fingerprint density at radius 3 is 2.60 bits per heavy atom. The van der Waals surface area contributed by atoms with Crippen LogP contribution >= 0.6 is 0 Å². The van der Waals surface area contributed by atoms with Crippen molar-refractivity contribution in [2.75, 3.05) is 5.32 Å². The normalized spacial score (nSPS) is 9.53. The van der Waals surface area contributed by atoms with Crippen LogP contribution in [-0.2, 0) is 4.79 Å². The molecular weight excluding hydrogens is 197 g/mol. The standard InChI is InChI=1S/C9H10BNO4/c1-6(13)11-9-3-2-8(10(14)15)4-7(9)5-12/h2-5,14-15H,1H3,(H,11,13). The molecule has 5 nitrogen and oxygen atoms in total. The van der Waals surface area contributed by atoms with Crippen LogP contribution in [0.3, 0.4) is 0 Å². The van der Waals surface area contributed by atoms with Crippen molar-refractivity contribution in [3.63, 3.8) is 0 Å². The summed E-state index contributed by atoms with van der Waals surface area (Å²) < 4.78 is 0. The first kappa shape index (κ1) is 11.4. The summed E-state index contributed by atoms with van der Waals surface area (Å²) in [6.45, 7) is 1.32. The van der Waals surface area contributed by atoms with E-state index in [1.165, 1.54) is 25.1 Å². The van der Waals surface area contributed by atoms with Crippen LogP contribution in [0.2, 0.25) is 0 Å². The van der Waals surface area contributed by atoms with Gasteiger partial charge in [-0.2, -0.15) is 0 Å². The maximum absolute atomic E-state index is 10.8. The number of aldehydes is 1. The van der Waals surface area contributed by atoms with Gasteiger partial charge in [-0.05, 0) is 17.6 Å². The van der Waals surface area contributed by atoms with Gasteiger partial charge >= 0.3 is 7.12 Å². The minimum Gasteiger partial charge on any atom is -0.423 e. The summed E-state index contributed by atoms with van der Waals surface area (Å²) in [5.41, 5.74) is 0.754. The molecule has 78 valence electrons. The van der Waals surface area contributed by atoms with E-state index >= 15 is 0 Å². The highest BCUT2D eigenvalue weighted by Crippen LogP contribution is 2.11. The van der Waals surface area contributed by atoms with Gasteiger partial charge in [0.25, 0.3) is 0 Å². The molecule has 0 saturated heterocycles.